The van der Waals surface area contributed by atoms with Crippen LogP contribution < -0.4 is 10.2 Å². The number of ether oxygens (including phenoxy) is 3. The monoisotopic (exact) mass is 715 g/mol. The van der Waals surface area contributed by atoms with E-state index >= 15 is 4.79 Å². The zero-order chi connectivity index (χ0) is 37.7. The fourth-order valence-electron chi connectivity index (χ4n) is 8.54. The summed E-state index contributed by atoms with van der Waals surface area (Å²) < 4.78 is 18.5. The Morgan fingerprint density at radius 3 is 2.38 bits per heavy atom. The Kier molecular flexibility index (Phi) is 12.4. The van der Waals surface area contributed by atoms with E-state index in [1.54, 1.807) is 17.1 Å². The number of amides is 3. The van der Waals surface area contributed by atoms with Crippen LogP contribution in [0.4, 0.5) is 5.69 Å². The molecule has 3 heterocycles. The minimum atomic E-state index is -1.33. The fourth-order valence-corrected chi connectivity index (χ4v) is 8.54. The quantitative estimate of drug-likeness (QED) is 0.180. The average Bonchev–Trinajstić information content (AvgIpc) is 3.77. The zero-order valence-corrected chi connectivity index (χ0v) is 31.0. The van der Waals surface area contributed by atoms with Gasteiger partial charge in [-0.05, 0) is 55.7 Å². The standard InChI is InChI=1S/C41H53N3O8/c1-8-10-19-32(46)42-29(24-50-7)36(28-17-12-11-13-18-28)51-40(49)33-31-20-21-41(52-31)34(33)38(47)44(30(23-45)25(3)4)37(41)39(48)43(22-9-2)35-26(5)15-14-16-27(35)6/h8-9,11-18,25,29-31,33-34,36-37,45H,1-2,10,19-24H2,3-7H3,(H,42,46)/t29-,30-,31+,33-,34-,36-,37+,41-/m0/s1. The number of methoxy groups -OCH3 is 1. The summed E-state index contributed by atoms with van der Waals surface area (Å²) >= 11 is 0. The molecule has 0 unspecified atom stereocenters. The van der Waals surface area contributed by atoms with Crippen molar-refractivity contribution in [2.75, 3.05) is 31.8 Å². The maximum atomic E-state index is 15.1. The molecule has 11 heteroatoms. The van der Waals surface area contributed by atoms with E-state index in [1.165, 1.54) is 12.0 Å². The zero-order valence-electron chi connectivity index (χ0n) is 31.0. The van der Waals surface area contributed by atoms with Crippen molar-refractivity contribution in [3.63, 3.8) is 0 Å². The number of para-hydroxylation sites is 1. The number of aliphatic hydroxyl groups is 1. The van der Waals surface area contributed by atoms with Gasteiger partial charge in [-0.1, -0.05) is 74.5 Å². The summed E-state index contributed by atoms with van der Waals surface area (Å²) in [6.45, 7) is 15.1. The summed E-state index contributed by atoms with van der Waals surface area (Å²) in [6.07, 6.45) is 3.18. The summed E-state index contributed by atoms with van der Waals surface area (Å²) in [7, 11) is 1.50. The number of benzene rings is 2. The molecule has 2 aromatic carbocycles. The van der Waals surface area contributed by atoms with Crippen molar-refractivity contribution < 1.29 is 38.5 Å². The minimum Gasteiger partial charge on any atom is -0.455 e. The molecular formula is C41H53N3O8. The van der Waals surface area contributed by atoms with E-state index in [2.05, 4.69) is 18.5 Å². The molecule has 5 rings (SSSR count). The lowest BCUT2D eigenvalue weighted by molar-refractivity contribution is -0.163. The summed E-state index contributed by atoms with van der Waals surface area (Å²) in [5, 5.41) is 13.7. The van der Waals surface area contributed by atoms with Crippen LogP contribution in [0.2, 0.25) is 0 Å². The van der Waals surface area contributed by atoms with Gasteiger partial charge in [0.15, 0.2) is 0 Å². The molecule has 3 aliphatic rings. The largest absolute Gasteiger partial charge is 0.455 e. The molecular weight excluding hydrogens is 662 g/mol. The van der Waals surface area contributed by atoms with Crippen molar-refractivity contribution in [3.8, 4) is 0 Å². The minimum absolute atomic E-state index is 0.0535. The lowest BCUT2D eigenvalue weighted by Gasteiger charge is -2.41. The smallest absolute Gasteiger partial charge is 0.313 e. The third-order valence-corrected chi connectivity index (χ3v) is 10.8. The van der Waals surface area contributed by atoms with Crippen molar-refractivity contribution in [1.82, 2.24) is 10.2 Å². The fraction of sp³-hybridized carbons (Fsp3) is 0.512. The molecule has 52 heavy (non-hydrogen) atoms. The molecule has 2 bridgehead atoms. The van der Waals surface area contributed by atoms with Gasteiger partial charge in [0, 0.05) is 25.8 Å². The second-order valence-corrected chi connectivity index (χ2v) is 14.5. The highest BCUT2D eigenvalue weighted by molar-refractivity contribution is 6.05. The first-order chi connectivity index (χ1) is 24.9. The van der Waals surface area contributed by atoms with Gasteiger partial charge in [0.25, 0.3) is 5.91 Å². The predicted octanol–water partition coefficient (Wildman–Crippen LogP) is 4.60. The molecule has 2 N–H and O–H groups in total. The molecule has 280 valence electrons. The first kappa shape index (κ1) is 38.9. The number of nitrogens with zero attached hydrogens (tertiary/aromatic N) is 2. The predicted molar refractivity (Wildman–Crippen MR) is 197 cm³/mol. The Balaban J connectivity index is 1.55. The highest BCUT2D eigenvalue weighted by Crippen LogP contribution is 2.59. The van der Waals surface area contributed by atoms with Gasteiger partial charge in [0.2, 0.25) is 11.8 Å². The topological polar surface area (TPSA) is 135 Å². The van der Waals surface area contributed by atoms with Gasteiger partial charge in [-0.2, -0.15) is 0 Å². The Hall–Kier alpha value is -4.32. The first-order valence-corrected chi connectivity index (χ1v) is 18.2. The molecule has 0 aromatic heterocycles. The second kappa shape index (κ2) is 16.6. The number of aliphatic hydroxyl groups excluding tert-OH is 1. The van der Waals surface area contributed by atoms with Crippen LogP contribution in [0, 0.1) is 31.6 Å². The van der Waals surface area contributed by atoms with Crippen LogP contribution in [0.1, 0.15) is 62.3 Å². The van der Waals surface area contributed by atoms with Crippen LogP contribution in [0.3, 0.4) is 0 Å². The van der Waals surface area contributed by atoms with Crippen LogP contribution >= 0.6 is 0 Å². The van der Waals surface area contributed by atoms with Gasteiger partial charge in [-0.15, -0.1) is 13.2 Å². The first-order valence-electron chi connectivity index (χ1n) is 18.2. The van der Waals surface area contributed by atoms with Gasteiger partial charge < -0.3 is 34.4 Å². The summed E-state index contributed by atoms with van der Waals surface area (Å²) in [5.74, 6) is -3.94. The number of aryl methyl sites for hydroxylation is 2. The molecule has 3 aliphatic heterocycles. The van der Waals surface area contributed by atoms with Crippen LogP contribution in [-0.4, -0.2) is 90.4 Å². The number of carbonyl (C=O) groups is 4. The number of hydrogen-bond acceptors (Lipinski definition) is 8. The number of likely N-dealkylation sites (tertiary alicyclic amines) is 1. The van der Waals surface area contributed by atoms with Crippen molar-refractivity contribution >= 4 is 29.4 Å². The van der Waals surface area contributed by atoms with Crippen LogP contribution in [-0.2, 0) is 33.4 Å². The molecule has 1 spiro atoms. The van der Waals surface area contributed by atoms with Crippen molar-refractivity contribution in [2.45, 2.75) is 89.3 Å². The molecule has 8 atom stereocenters. The Labute approximate surface area is 307 Å². The third kappa shape index (κ3) is 7.18. The number of fused-ring (bicyclic) bond motifs is 1. The van der Waals surface area contributed by atoms with E-state index in [4.69, 9.17) is 14.2 Å². The van der Waals surface area contributed by atoms with Crippen molar-refractivity contribution in [3.05, 3.63) is 90.5 Å². The number of esters is 1. The highest BCUT2D eigenvalue weighted by Gasteiger charge is 2.76. The number of nitrogens with one attached hydrogen (secondary N) is 1. The second-order valence-electron chi connectivity index (χ2n) is 14.5. The molecule has 0 radical (unpaired) electrons. The summed E-state index contributed by atoms with van der Waals surface area (Å²) in [6, 6.07) is 12.3. The average molecular weight is 716 g/mol. The van der Waals surface area contributed by atoms with Gasteiger partial charge in [0.1, 0.15) is 17.7 Å². The molecule has 0 saturated carbocycles. The normalized spacial score (nSPS) is 25.0. The molecule has 0 aliphatic carbocycles. The Morgan fingerprint density at radius 2 is 1.79 bits per heavy atom. The van der Waals surface area contributed by atoms with Crippen LogP contribution in [0.15, 0.2) is 73.8 Å². The number of allylic oxidation sites excluding steroid dienone is 1. The Morgan fingerprint density at radius 1 is 1.10 bits per heavy atom. The van der Waals surface area contributed by atoms with Gasteiger partial charge >= 0.3 is 5.97 Å². The SMILES string of the molecule is C=CCCC(=O)N[C@@H](COC)[C@@H](OC(=O)[C@@H]1[C@H]2C(=O)N([C@@H](CO)C(C)C)[C@H](C(=O)N(CC=C)c3c(C)cccc3C)[C@]23CC[C@H]1O3)c1ccccc1. The van der Waals surface area contributed by atoms with E-state index in [0.29, 0.717) is 24.8 Å². The van der Waals surface area contributed by atoms with Crippen LogP contribution in [0.5, 0.6) is 0 Å². The summed E-state index contributed by atoms with van der Waals surface area (Å²) in [4.78, 5) is 60.6. The lowest BCUT2D eigenvalue weighted by Crippen LogP contribution is -2.60. The van der Waals surface area contributed by atoms with Gasteiger partial charge in [-0.25, -0.2) is 0 Å². The van der Waals surface area contributed by atoms with E-state index in [1.807, 2.05) is 76.2 Å². The maximum Gasteiger partial charge on any atom is 0.313 e. The van der Waals surface area contributed by atoms with E-state index in [9.17, 15) is 19.5 Å². The van der Waals surface area contributed by atoms with E-state index in [-0.39, 0.29) is 43.9 Å². The van der Waals surface area contributed by atoms with E-state index in [0.717, 1.165) is 16.8 Å². The summed E-state index contributed by atoms with van der Waals surface area (Å²) in [5.41, 5.74) is 1.80. The molecule has 3 fully saturated rings. The molecule has 3 saturated heterocycles. The highest BCUT2D eigenvalue weighted by atomic mass is 16.6. The molecule has 2 aromatic rings. The maximum absolute atomic E-state index is 15.1. The number of rotatable bonds is 17. The Bertz CT molecular complexity index is 1630. The number of anilines is 1. The van der Waals surface area contributed by atoms with Crippen molar-refractivity contribution in [1.29, 1.82) is 0 Å². The molecule has 3 amide bonds. The lowest BCUT2D eigenvalue weighted by atomic mass is 9.70. The van der Waals surface area contributed by atoms with Gasteiger partial charge in [-0.3, -0.25) is 19.2 Å². The van der Waals surface area contributed by atoms with Crippen LogP contribution in [0.25, 0.3) is 0 Å². The number of hydrogen-bond donors (Lipinski definition) is 2. The number of carbonyl (C=O) groups excluding carboxylic acids is 4. The van der Waals surface area contributed by atoms with E-state index < -0.39 is 59.6 Å². The third-order valence-electron chi connectivity index (χ3n) is 10.8. The van der Waals surface area contributed by atoms with Gasteiger partial charge in [0.05, 0.1) is 43.2 Å². The molecule has 11 nitrogen and oxygen atoms in total. The van der Waals surface area contributed by atoms with Crippen molar-refractivity contribution in [2.24, 2.45) is 17.8 Å².